The molecule has 22 heavy (non-hydrogen) atoms. The Balaban J connectivity index is 2.53. The van der Waals surface area contributed by atoms with Gasteiger partial charge in [0.05, 0.1) is 10.5 Å². The molecule has 0 aliphatic heterocycles. The molecule has 0 bridgehead atoms. The number of nitriles is 1. The molecule has 0 aliphatic carbocycles. The van der Waals surface area contributed by atoms with Crippen LogP contribution in [0.2, 0.25) is 0 Å². The van der Waals surface area contributed by atoms with Crippen LogP contribution in [0.25, 0.3) is 0 Å². The molecule has 0 spiro atoms. The van der Waals surface area contributed by atoms with Crippen molar-refractivity contribution in [2.75, 3.05) is 6.26 Å². The Hall–Kier alpha value is -2.46. The lowest BCUT2D eigenvalue weighted by Gasteiger charge is -2.12. The van der Waals surface area contributed by atoms with Crippen molar-refractivity contribution < 1.29 is 21.9 Å². The molecule has 2 rings (SSSR count). The average Bonchev–Trinajstić information content (AvgIpc) is 2.36. The minimum absolute atomic E-state index is 0.00169. The fourth-order valence-corrected chi connectivity index (χ4v) is 2.98. The molecule has 0 aliphatic rings. The highest BCUT2D eigenvalue weighted by atomic mass is 32.2. The Morgan fingerprint density at radius 3 is 2.23 bits per heavy atom. The van der Waals surface area contributed by atoms with Gasteiger partial charge in [0.15, 0.2) is 9.84 Å². The van der Waals surface area contributed by atoms with E-state index >= 15 is 0 Å². The molecule has 0 saturated heterocycles. The van der Waals surface area contributed by atoms with E-state index in [0.29, 0.717) is 6.07 Å². The van der Waals surface area contributed by atoms with E-state index < -0.39 is 21.5 Å². The Morgan fingerprint density at radius 2 is 1.73 bits per heavy atom. The van der Waals surface area contributed by atoms with Gasteiger partial charge in [-0.1, -0.05) is 0 Å². The second-order valence-corrected chi connectivity index (χ2v) is 6.64. The molecule has 0 heterocycles. The number of ether oxygens (including phenoxy) is 1. The van der Waals surface area contributed by atoms with Crippen molar-refractivity contribution in [3.8, 4) is 17.6 Å². The summed E-state index contributed by atoms with van der Waals surface area (Å²) in [6.07, 6.45) is 1.03. The highest BCUT2D eigenvalue weighted by Gasteiger charge is 2.18. The second kappa shape index (κ2) is 5.73. The zero-order valence-corrected chi connectivity index (χ0v) is 12.5. The number of rotatable bonds is 3. The molecule has 0 unspecified atom stereocenters. The van der Waals surface area contributed by atoms with Gasteiger partial charge in [-0.3, -0.25) is 0 Å². The molecule has 0 N–H and O–H groups in total. The number of sulfone groups is 1. The van der Waals surface area contributed by atoms with E-state index in [1.54, 1.807) is 0 Å². The largest absolute Gasteiger partial charge is 0.456 e. The minimum atomic E-state index is -3.50. The van der Waals surface area contributed by atoms with Gasteiger partial charge in [-0.25, -0.2) is 17.2 Å². The predicted molar refractivity (Wildman–Crippen MR) is 75.4 cm³/mol. The molecule has 114 valence electrons. The van der Waals surface area contributed by atoms with Crippen molar-refractivity contribution in [1.82, 2.24) is 0 Å². The first-order valence-electron chi connectivity index (χ1n) is 6.10. The molecule has 0 radical (unpaired) electrons. The number of hydrogen-bond acceptors (Lipinski definition) is 4. The Labute approximate surface area is 126 Å². The molecule has 4 nitrogen and oxygen atoms in total. The van der Waals surface area contributed by atoms with Crippen LogP contribution in [0.1, 0.15) is 11.1 Å². The Kier molecular flexibility index (Phi) is 4.15. The summed E-state index contributed by atoms with van der Waals surface area (Å²) in [5, 5.41) is 9.20. The molecule has 0 amide bonds. The van der Waals surface area contributed by atoms with Crippen LogP contribution >= 0.6 is 0 Å². The zero-order chi connectivity index (χ0) is 16.5. The van der Waals surface area contributed by atoms with Crippen molar-refractivity contribution >= 4 is 9.84 Å². The first kappa shape index (κ1) is 15.9. The maximum absolute atomic E-state index is 13.1. The van der Waals surface area contributed by atoms with Crippen LogP contribution < -0.4 is 4.74 Å². The van der Waals surface area contributed by atoms with Gasteiger partial charge in [-0.15, -0.1) is 0 Å². The van der Waals surface area contributed by atoms with Gasteiger partial charge in [0.25, 0.3) is 0 Å². The van der Waals surface area contributed by atoms with E-state index in [4.69, 9.17) is 4.74 Å². The fourth-order valence-electron chi connectivity index (χ4n) is 2.01. The third-order valence-corrected chi connectivity index (χ3v) is 4.19. The van der Waals surface area contributed by atoms with E-state index in [2.05, 4.69) is 0 Å². The monoisotopic (exact) mass is 323 g/mol. The maximum Gasteiger partial charge on any atom is 0.175 e. The van der Waals surface area contributed by atoms with Gasteiger partial charge in [0.1, 0.15) is 29.2 Å². The highest BCUT2D eigenvalue weighted by Crippen LogP contribution is 2.31. The molecule has 2 aromatic carbocycles. The molecular weight excluding hydrogens is 312 g/mol. The van der Waals surface area contributed by atoms with Crippen molar-refractivity contribution in [2.24, 2.45) is 0 Å². The summed E-state index contributed by atoms with van der Waals surface area (Å²) in [5.41, 5.74) is 0.215. The lowest BCUT2D eigenvalue weighted by molar-refractivity contribution is 0.466. The highest BCUT2D eigenvalue weighted by molar-refractivity contribution is 7.90. The van der Waals surface area contributed by atoms with Crippen LogP contribution in [-0.4, -0.2) is 14.7 Å². The van der Waals surface area contributed by atoms with E-state index in [-0.39, 0.29) is 27.5 Å². The first-order chi connectivity index (χ1) is 10.2. The minimum Gasteiger partial charge on any atom is -0.456 e. The van der Waals surface area contributed by atoms with Gasteiger partial charge in [-0.2, -0.15) is 5.26 Å². The molecule has 7 heteroatoms. The van der Waals surface area contributed by atoms with E-state index in [1.165, 1.54) is 19.1 Å². The van der Waals surface area contributed by atoms with Crippen LogP contribution in [0.5, 0.6) is 11.5 Å². The summed E-state index contributed by atoms with van der Waals surface area (Å²) in [6.45, 7) is 1.47. The molecule has 0 fully saturated rings. The topological polar surface area (TPSA) is 67.2 Å². The lowest BCUT2D eigenvalue weighted by Crippen LogP contribution is -2.03. The van der Waals surface area contributed by atoms with Crippen molar-refractivity contribution in [3.63, 3.8) is 0 Å². The number of halogens is 2. The molecule has 0 saturated carbocycles. The number of nitrogens with zero attached hydrogens (tertiary/aromatic N) is 1. The molecule has 0 atom stereocenters. The first-order valence-corrected chi connectivity index (χ1v) is 7.99. The predicted octanol–water partition coefficient (Wildman–Crippen LogP) is 3.34. The number of benzene rings is 2. The fraction of sp³-hybridized carbons (Fsp3) is 0.133. The third kappa shape index (κ3) is 3.23. The van der Waals surface area contributed by atoms with E-state index in [1.807, 2.05) is 6.07 Å². The summed E-state index contributed by atoms with van der Waals surface area (Å²) in [7, 11) is -3.50. The average molecular weight is 323 g/mol. The summed E-state index contributed by atoms with van der Waals surface area (Å²) in [5.74, 6) is -1.74. The summed E-state index contributed by atoms with van der Waals surface area (Å²) >= 11 is 0. The molecule has 0 aromatic heterocycles. The smallest absolute Gasteiger partial charge is 0.175 e. The van der Waals surface area contributed by atoms with Crippen molar-refractivity contribution in [3.05, 3.63) is 53.1 Å². The quantitative estimate of drug-likeness (QED) is 0.869. The van der Waals surface area contributed by atoms with Crippen LogP contribution in [0.3, 0.4) is 0 Å². The molecule has 2 aromatic rings. The van der Waals surface area contributed by atoms with Crippen molar-refractivity contribution in [2.45, 2.75) is 11.8 Å². The zero-order valence-electron chi connectivity index (χ0n) is 11.7. The number of hydrogen-bond donors (Lipinski definition) is 0. The van der Waals surface area contributed by atoms with Gasteiger partial charge in [0.2, 0.25) is 0 Å². The van der Waals surface area contributed by atoms with Gasteiger partial charge >= 0.3 is 0 Å². The van der Waals surface area contributed by atoms with E-state index in [0.717, 1.165) is 18.4 Å². The molecular formula is C15H11F2NO3S. The van der Waals surface area contributed by atoms with E-state index in [9.17, 15) is 22.5 Å². The lowest BCUT2D eigenvalue weighted by atomic mass is 10.1. The van der Waals surface area contributed by atoms with Crippen molar-refractivity contribution in [1.29, 1.82) is 5.26 Å². The third-order valence-electron chi connectivity index (χ3n) is 2.95. The second-order valence-electron chi connectivity index (χ2n) is 4.65. The summed E-state index contributed by atoms with van der Waals surface area (Å²) in [4.78, 5) is 0.00169. The van der Waals surface area contributed by atoms with Gasteiger partial charge in [0, 0.05) is 24.5 Å². The van der Waals surface area contributed by atoms with Crippen LogP contribution in [-0.2, 0) is 9.84 Å². The van der Waals surface area contributed by atoms with Crippen LogP contribution in [0.4, 0.5) is 8.78 Å². The SMILES string of the molecule is Cc1c(S(C)(=O)=O)ccc(Oc2cc(F)cc(F)c2)c1C#N. The Bertz CT molecular complexity index is 866. The summed E-state index contributed by atoms with van der Waals surface area (Å²) < 4.78 is 54.9. The van der Waals surface area contributed by atoms with Crippen LogP contribution in [0, 0.1) is 29.9 Å². The van der Waals surface area contributed by atoms with Gasteiger partial charge in [-0.05, 0) is 24.6 Å². The normalized spacial score (nSPS) is 11.0. The van der Waals surface area contributed by atoms with Crippen LogP contribution in [0.15, 0.2) is 35.2 Å². The summed E-state index contributed by atoms with van der Waals surface area (Å²) in [6, 6.07) is 7.03. The maximum atomic E-state index is 13.1. The standard InChI is InChI=1S/C15H11F2NO3S/c1-9-13(8-18)14(3-4-15(9)22(2,19)20)21-12-6-10(16)5-11(17)7-12/h3-7H,1-2H3. The van der Waals surface area contributed by atoms with Gasteiger partial charge < -0.3 is 4.74 Å². The Morgan fingerprint density at radius 1 is 1.14 bits per heavy atom.